The van der Waals surface area contributed by atoms with Crippen LogP contribution in [0.25, 0.3) is 0 Å². The van der Waals surface area contributed by atoms with Gasteiger partial charge in [-0.05, 0) is 5.41 Å². The molecular weight excluding hydrogens is 282 g/mol. The van der Waals surface area contributed by atoms with Crippen LogP contribution in [-0.2, 0) is 19.2 Å². The van der Waals surface area contributed by atoms with Crippen molar-refractivity contribution in [1.29, 1.82) is 0 Å². The van der Waals surface area contributed by atoms with Gasteiger partial charge in [0.05, 0.1) is 12.5 Å². The molecular formula is C17H27NO4. The molecule has 0 aromatic rings. The van der Waals surface area contributed by atoms with Crippen LogP contribution in [-0.4, -0.2) is 34.8 Å². The number of hydrogen-bond acceptors (Lipinski definition) is 4. The lowest BCUT2D eigenvalue weighted by atomic mass is 9.80. The summed E-state index contributed by atoms with van der Waals surface area (Å²) in [6.07, 6.45) is 0.394. The van der Waals surface area contributed by atoms with Crippen LogP contribution >= 0.6 is 0 Å². The predicted octanol–water partition coefficient (Wildman–Crippen LogP) is 2.37. The number of amides is 2. The molecule has 2 amide bonds. The summed E-state index contributed by atoms with van der Waals surface area (Å²) in [7, 11) is 0. The van der Waals surface area contributed by atoms with Gasteiger partial charge in [0.15, 0.2) is 5.78 Å². The van der Waals surface area contributed by atoms with Crippen LogP contribution in [0.5, 0.6) is 0 Å². The Morgan fingerprint density at radius 3 is 2.00 bits per heavy atom. The first-order valence-electron chi connectivity index (χ1n) is 7.73. The zero-order valence-electron chi connectivity index (χ0n) is 14.5. The number of ketones is 2. The van der Waals surface area contributed by atoms with Gasteiger partial charge in [-0.15, -0.1) is 0 Å². The minimum absolute atomic E-state index is 0.00694. The molecule has 0 spiro atoms. The average Bonchev–Trinajstić information content (AvgIpc) is 2.62. The number of hydrogen-bond donors (Lipinski definition) is 0. The van der Waals surface area contributed by atoms with Crippen LogP contribution in [0.3, 0.4) is 0 Å². The molecule has 1 rings (SSSR count). The molecule has 5 nitrogen and oxygen atoms in total. The number of carbonyl (C=O) groups excluding carboxylic acids is 4. The number of rotatable bonds is 5. The number of Topliss-reactive ketones (excluding diaryl/α,β-unsaturated/α-hetero) is 2. The fourth-order valence-electron chi connectivity index (χ4n) is 2.41. The van der Waals surface area contributed by atoms with E-state index in [4.69, 9.17) is 0 Å². The van der Waals surface area contributed by atoms with E-state index in [1.54, 1.807) is 20.8 Å². The van der Waals surface area contributed by atoms with Crippen molar-refractivity contribution in [3.8, 4) is 0 Å². The second-order valence-electron chi connectivity index (χ2n) is 8.15. The Hall–Kier alpha value is -1.52. The molecule has 1 saturated heterocycles. The van der Waals surface area contributed by atoms with Crippen molar-refractivity contribution in [1.82, 2.24) is 4.90 Å². The maximum Gasteiger partial charge on any atom is 0.233 e. The van der Waals surface area contributed by atoms with Crippen LogP contribution < -0.4 is 0 Å². The van der Waals surface area contributed by atoms with Gasteiger partial charge in [-0.3, -0.25) is 24.1 Å². The van der Waals surface area contributed by atoms with Gasteiger partial charge in [0, 0.05) is 24.7 Å². The van der Waals surface area contributed by atoms with Gasteiger partial charge in [-0.25, -0.2) is 0 Å². The molecule has 0 saturated carbocycles. The minimum atomic E-state index is -0.475. The van der Waals surface area contributed by atoms with Crippen molar-refractivity contribution in [3.63, 3.8) is 0 Å². The van der Waals surface area contributed by atoms with E-state index in [-0.39, 0.29) is 60.5 Å². The maximum absolute atomic E-state index is 12.3. The van der Waals surface area contributed by atoms with Gasteiger partial charge in [0.1, 0.15) is 5.78 Å². The lowest BCUT2D eigenvalue weighted by Crippen LogP contribution is -2.37. The van der Waals surface area contributed by atoms with E-state index < -0.39 is 5.41 Å². The minimum Gasteiger partial charge on any atom is -0.299 e. The predicted molar refractivity (Wildman–Crippen MR) is 83.0 cm³/mol. The van der Waals surface area contributed by atoms with Crippen LogP contribution in [0.15, 0.2) is 0 Å². The summed E-state index contributed by atoms with van der Waals surface area (Å²) >= 11 is 0. The van der Waals surface area contributed by atoms with Gasteiger partial charge in [-0.1, -0.05) is 41.5 Å². The standard InChI is InChI=1S/C17H27NO4/c1-16(2,3)12-9-14(21)18(15(12)22)10-11(19)7-8-13(20)17(4,5)6/h12H,7-10H2,1-6H3. The Bertz CT molecular complexity index is 494. The third-order valence-corrected chi connectivity index (χ3v) is 4.09. The normalized spacial score (nSPS) is 19.7. The van der Waals surface area contributed by atoms with Crippen molar-refractivity contribution in [2.75, 3.05) is 6.54 Å². The number of carbonyl (C=O) groups is 4. The van der Waals surface area contributed by atoms with E-state index in [0.29, 0.717) is 0 Å². The Morgan fingerprint density at radius 2 is 1.59 bits per heavy atom. The molecule has 124 valence electrons. The summed E-state index contributed by atoms with van der Waals surface area (Å²) in [4.78, 5) is 49.1. The molecule has 1 aliphatic heterocycles. The number of imide groups is 1. The van der Waals surface area contributed by atoms with E-state index >= 15 is 0 Å². The van der Waals surface area contributed by atoms with Gasteiger partial charge in [0.2, 0.25) is 11.8 Å². The molecule has 0 aliphatic carbocycles. The first-order valence-corrected chi connectivity index (χ1v) is 7.73. The monoisotopic (exact) mass is 309 g/mol. The average molecular weight is 309 g/mol. The zero-order valence-corrected chi connectivity index (χ0v) is 14.5. The van der Waals surface area contributed by atoms with Crippen molar-refractivity contribution < 1.29 is 19.2 Å². The molecule has 0 aromatic heterocycles. The molecule has 22 heavy (non-hydrogen) atoms. The highest BCUT2D eigenvalue weighted by Crippen LogP contribution is 2.35. The van der Waals surface area contributed by atoms with E-state index in [0.717, 1.165) is 4.90 Å². The van der Waals surface area contributed by atoms with Crippen LogP contribution in [0.2, 0.25) is 0 Å². The molecule has 1 aliphatic rings. The number of likely N-dealkylation sites (tertiary alicyclic amines) is 1. The smallest absolute Gasteiger partial charge is 0.233 e. The second-order valence-corrected chi connectivity index (χ2v) is 8.15. The molecule has 0 bridgehead atoms. The summed E-state index contributed by atoms with van der Waals surface area (Å²) in [5.74, 6) is -1.17. The van der Waals surface area contributed by atoms with E-state index in [2.05, 4.69) is 0 Å². The van der Waals surface area contributed by atoms with Gasteiger partial charge in [-0.2, -0.15) is 0 Å². The fourth-order valence-corrected chi connectivity index (χ4v) is 2.41. The second kappa shape index (κ2) is 6.31. The molecule has 0 radical (unpaired) electrons. The Morgan fingerprint density at radius 1 is 1.05 bits per heavy atom. The first-order chi connectivity index (χ1) is 9.84. The first kappa shape index (κ1) is 18.5. The molecule has 1 unspecified atom stereocenters. The lowest BCUT2D eigenvalue weighted by molar-refractivity contribution is -0.143. The SMILES string of the molecule is CC(C)(C)C(=O)CCC(=O)CN1C(=O)CC(C(C)(C)C)C1=O. The Kier molecular flexibility index (Phi) is 5.31. The number of nitrogens with zero attached hydrogens (tertiary/aromatic N) is 1. The van der Waals surface area contributed by atoms with Gasteiger partial charge in [0.25, 0.3) is 0 Å². The summed E-state index contributed by atoms with van der Waals surface area (Å²) in [5.41, 5.74) is -0.774. The summed E-state index contributed by atoms with van der Waals surface area (Å²) < 4.78 is 0. The van der Waals surface area contributed by atoms with Crippen LogP contribution in [0.1, 0.15) is 60.8 Å². The van der Waals surface area contributed by atoms with Crippen molar-refractivity contribution in [3.05, 3.63) is 0 Å². The van der Waals surface area contributed by atoms with Crippen LogP contribution in [0.4, 0.5) is 0 Å². The maximum atomic E-state index is 12.3. The third-order valence-electron chi connectivity index (χ3n) is 4.09. The Balaban J connectivity index is 2.60. The molecule has 0 aromatic carbocycles. The Labute approximate surface area is 132 Å². The van der Waals surface area contributed by atoms with E-state index in [1.165, 1.54) is 0 Å². The molecule has 1 heterocycles. The van der Waals surface area contributed by atoms with Crippen molar-refractivity contribution >= 4 is 23.4 Å². The van der Waals surface area contributed by atoms with Crippen molar-refractivity contribution in [2.45, 2.75) is 60.8 Å². The van der Waals surface area contributed by atoms with Gasteiger partial charge >= 0.3 is 0 Å². The van der Waals surface area contributed by atoms with E-state index in [1.807, 2.05) is 20.8 Å². The van der Waals surface area contributed by atoms with Crippen molar-refractivity contribution in [2.24, 2.45) is 16.7 Å². The summed E-state index contributed by atoms with van der Waals surface area (Å²) in [6.45, 7) is 11.0. The topological polar surface area (TPSA) is 71.5 Å². The highest BCUT2D eigenvalue weighted by Gasteiger charge is 2.44. The molecule has 5 heteroatoms. The largest absolute Gasteiger partial charge is 0.299 e. The van der Waals surface area contributed by atoms with Crippen LogP contribution in [0, 0.1) is 16.7 Å². The zero-order chi connectivity index (χ0) is 17.3. The third kappa shape index (κ3) is 4.49. The lowest BCUT2D eigenvalue weighted by Gasteiger charge is -2.24. The molecule has 0 N–H and O–H groups in total. The summed E-state index contributed by atoms with van der Waals surface area (Å²) in [5, 5.41) is 0. The fraction of sp³-hybridized carbons (Fsp3) is 0.765. The van der Waals surface area contributed by atoms with E-state index in [9.17, 15) is 19.2 Å². The van der Waals surface area contributed by atoms with Gasteiger partial charge < -0.3 is 0 Å². The quantitative estimate of drug-likeness (QED) is 0.731. The highest BCUT2D eigenvalue weighted by atomic mass is 16.2. The molecule has 1 atom stereocenters. The highest BCUT2D eigenvalue weighted by molar-refractivity contribution is 6.06. The summed E-state index contributed by atoms with van der Waals surface area (Å²) in [6, 6.07) is 0. The molecule has 1 fully saturated rings.